The van der Waals surface area contributed by atoms with Gasteiger partial charge in [-0.3, -0.25) is 0 Å². The van der Waals surface area contributed by atoms with E-state index in [9.17, 15) is 5.11 Å². The molecule has 0 aliphatic rings. The lowest BCUT2D eigenvalue weighted by molar-refractivity contribution is 0.168. The molecule has 6 heteroatoms. The van der Waals surface area contributed by atoms with Gasteiger partial charge in [0.1, 0.15) is 12.4 Å². The summed E-state index contributed by atoms with van der Waals surface area (Å²) < 4.78 is 6.85. The minimum Gasteiger partial charge on any atom is -0.489 e. The van der Waals surface area contributed by atoms with Crippen molar-refractivity contribution in [1.29, 1.82) is 0 Å². The second kappa shape index (κ2) is 11.0. The maximum absolute atomic E-state index is 10.7. The van der Waals surface area contributed by atoms with Crippen LogP contribution in [-0.2, 0) is 13.0 Å². The van der Waals surface area contributed by atoms with Gasteiger partial charge in [0.15, 0.2) is 0 Å². The SMILES string of the molecule is OC(CNCCc1cccc(Cl)c1)c1cc(Br)ccc1OCc1ccc(Cl)cc1. The van der Waals surface area contributed by atoms with E-state index in [0.717, 1.165) is 39.2 Å². The van der Waals surface area contributed by atoms with Gasteiger partial charge in [-0.25, -0.2) is 0 Å². The van der Waals surface area contributed by atoms with Crippen LogP contribution in [-0.4, -0.2) is 18.2 Å². The Balaban J connectivity index is 1.56. The standard InChI is InChI=1S/C23H22BrCl2NO2/c24-18-6-9-23(29-15-17-4-7-19(25)8-5-17)21(13-18)22(28)14-27-11-10-16-2-1-3-20(26)12-16/h1-9,12-13,22,27-28H,10-11,14-15H2. The first-order chi connectivity index (χ1) is 14.0. The number of ether oxygens (including phenoxy) is 1. The van der Waals surface area contributed by atoms with Gasteiger partial charge in [0, 0.05) is 26.6 Å². The predicted molar refractivity (Wildman–Crippen MR) is 123 cm³/mol. The normalized spacial score (nSPS) is 12.0. The summed E-state index contributed by atoms with van der Waals surface area (Å²) >= 11 is 15.4. The van der Waals surface area contributed by atoms with Crippen molar-refractivity contribution in [1.82, 2.24) is 5.32 Å². The van der Waals surface area contributed by atoms with Gasteiger partial charge in [-0.05, 0) is 66.6 Å². The topological polar surface area (TPSA) is 41.5 Å². The fourth-order valence-corrected chi connectivity index (χ4v) is 3.64. The molecule has 3 nitrogen and oxygen atoms in total. The average Bonchev–Trinajstić information content (AvgIpc) is 2.71. The molecule has 0 saturated heterocycles. The van der Waals surface area contributed by atoms with E-state index >= 15 is 0 Å². The molecule has 0 aliphatic carbocycles. The van der Waals surface area contributed by atoms with Crippen LogP contribution in [0.5, 0.6) is 5.75 Å². The summed E-state index contributed by atoms with van der Waals surface area (Å²) in [6, 6.07) is 21.0. The Morgan fingerprint density at radius 3 is 2.48 bits per heavy atom. The molecule has 0 bridgehead atoms. The molecule has 0 heterocycles. The third-order valence-electron chi connectivity index (χ3n) is 4.46. The van der Waals surface area contributed by atoms with E-state index in [-0.39, 0.29) is 0 Å². The third kappa shape index (κ3) is 7.02. The summed E-state index contributed by atoms with van der Waals surface area (Å²) in [6.45, 7) is 1.57. The molecule has 152 valence electrons. The monoisotopic (exact) mass is 493 g/mol. The third-order valence-corrected chi connectivity index (χ3v) is 5.44. The van der Waals surface area contributed by atoms with Crippen LogP contribution in [0.3, 0.4) is 0 Å². The number of aliphatic hydroxyl groups is 1. The number of benzene rings is 3. The van der Waals surface area contributed by atoms with Crippen molar-refractivity contribution < 1.29 is 9.84 Å². The first-order valence-electron chi connectivity index (χ1n) is 9.31. The molecule has 1 atom stereocenters. The van der Waals surface area contributed by atoms with Gasteiger partial charge in [-0.15, -0.1) is 0 Å². The molecule has 0 aliphatic heterocycles. The summed E-state index contributed by atoms with van der Waals surface area (Å²) in [6.07, 6.45) is 0.151. The molecule has 0 radical (unpaired) electrons. The minimum atomic E-state index is -0.688. The molecule has 0 fully saturated rings. The van der Waals surface area contributed by atoms with Crippen molar-refractivity contribution in [2.75, 3.05) is 13.1 Å². The summed E-state index contributed by atoms with van der Waals surface area (Å²) in [5, 5.41) is 15.4. The van der Waals surface area contributed by atoms with Crippen LogP contribution < -0.4 is 10.1 Å². The molecular weight excluding hydrogens is 473 g/mol. The maximum atomic E-state index is 10.7. The Kier molecular flexibility index (Phi) is 8.40. The number of nitrogens with one attached hydrogen (secondary N) is 1. The van der Waals surface area contributed by atoms with Crippen LogP contribution in [0.25, 0.3) is 0 Å². The molecule has 0 amide bonds. The predicted octanol–water partition coefficient (Wildman–Crippen LogP) is 6.20. The highest BCUT2D eigenvalue weighted by molar-refractivity contribution is 9.10. The Bertz CT molecular complexity index is 934. The molecule has 3 aromatic carbocycles. The Hall–Kier alpha value is -1.56. The Labute approximate surface area is 189 Å². The van der Waals surface area contributed by atoms with E-state index in [1.54, 1.807) is 0 Å². The second-order valence-electron chi connectivity index (χ2n) is 6.70. The van der Waals surface area contributed by atoms with Crippen molar-refractivity contribution >= 4 is 39.1 Å². The number of hydrogen-bond acceptors (Lipinski definition) is 3. The van der Waals surface area contributed by atoms with E-state index < -0.39 is 6.10 Å². The first kappa shape index (κ1) is 22.1. The van der Waals surface area contributed by atoms with Crippen LogP contribution >= 0.6 is 39.1 Å². The largest absolute Gasteiger partial charge is 0.489 e. The fraction of sp³-hybridized carbons (Fsp3) is 0.217. The highest BCUT2D eigenvalue weighted by atomic mass is 79.9. The van der Waals surface area contributed by atoms with E-state index in [4.69, 9.17) is 27.9 Å². The molecular formula is C23H22BrCl2NO2. The molecule has 0 aromatic heterocycles. The zero-order chi connectivity index (χ0) is 20.6. The van der Waals surface area contributed by atoms with Crippen molar-refractivity contribution in [2.45, 2.75) is 19.1 Å². The summed E-state index contributed by atoms with van der Waals surface area (Å²) in [4.78, 5) is 0. The molecule has 3 aromatic rings. The lowest BCUT2D eigenvalue weighted by atomic mass is 10.1. The number of aliphatic hydroxyl groups excluding tert-OH is 1. The van der Waals surface area contributed by atoms with Gasteiger partial charge in [0.25, 0.3) is 0 Å². The number of halogens is 3. The first-order valence-corrected chi connectivity index (χ1v) is 10.9. The lowest BCUT2D eigenvalue weighted by Crippen LogP contribution is -2.24. The molecule has 3 rings (SSSR count). The number of rotatable bonds is 9. The molecule has 2 N–H and O–H groups in total. The van der Waals surface area contributed by atoms with Gasteiger partial charge in [0.05, 0.1) is 6.10 Å². The maximum Gasteiger partial charge on any atom is 0.125 e. The average molecular weight is 495 g/mol. The minimum absolute atomic E-state index is 0.403. The van der Waals surface area contributed by atoms with E-state index in [1.807, 2.05) is 66.7 Å². The van der Waals surface area contributed by atoms with E-state index in [1.165, 1.54) is 0 Å². The van der Waals surface area contributed by atoms with E-state index in [2.05, 4.69) is 21.2 Å². The highest BCUT2D eigenvalue weighted by Crippen LogP contribution is 2.29. The fourth-order valence-electron chi connectivity index (χ4n) is 2.93. The Morgan fingerprint density at radius 1 is 0.931 bits per heavy atom. The Morgan fingerprint density at radius 2 is 1.72 bits per heavy atom. The summed E-state index contributed by atoms with van der Waals surface area (Å²) in [5.41, 5.74) is 2.91. The zero-order valence-electron chi connectivity index (χ0n) is 15.7. The van der Waals surface area contributed by atoms with Crippen molar-refractivity contribution in [3.63, 3.8) is 0 Å². The molecule has 0 spiro atoms. The molecule has 0 saturated carbocycles. The highest BCUT2D eigenvalue weighted by Gasteiger charge is 2.14. The summed E-state index contributed by atoms with van der Waals surface area (Å²) in [7, 11) is 0. The van der Waals surface area contributed by atoms with Crippen LogP contribution in [0, 0.1) is 0 Å². The van der Waals surface area contributed by atoms with Gasteiger partial charge < -0.3 is 15.2 Å². The smallest absolute Gasteiger partial charge is 0.125 e. The second-order valence-corrected chi connectivity index (χ2v) is 8.49. The van der Waals surface area contributed by atoms with Crippen LogP contribution in [0.2, 0.25) is 10.0 Å². The van der Waals surface area contributed by atoms with Gasteiger partial charge in [-0.2, -0.15) is 0 Å². The number of hydrogen-bond donors (Lipinski definition) is 2. The van der Waals surface area contributed by atoms with Crippen LogP contribution in [0.15, 0.2) is 71.2 Å². The lowest BCUT2D eigenvalue weighted by Gasteiger charge is -2.17. The van der Waals surface area contributed by atoms with Crippen molar-refractivity contribution in [3.8, 4) is 5.75 Å². The quantitative estimate of drug-likeness (QED) is 0.348. The molecule has 1 unspecified atom stereocenters. The summed E-state index contributed by atoms with van der Waals surface area (Å²) in [5.74, 6) is 0.660. The van der Waals surface area contributed by atoms with Gasteiger partial charge >= 0.3 is 0 Å². The van der Waals surface area contributed by atoms with Crippen molar-refractivity contribution in [2.24, 2.45) is 0 Å². The zero-order valence-corrected chi connectivity index (χ0v) is 18.8. The van der Waals surface area contributed by atoms with E-state index in [0.29, 0.717) is 23.9 Å². The van der Waals surface area contributed by atoms with Gasteiger partial charge in [0.2, 0.25) is 0 Å². The van der Waals surface area contributed by atoms with Crippen molar-refractivity contribution in [3.05, 3.63) is 97.9 Å². The van der Waals surface area contributed by atoms with Gasteiger partial charge in [-0.1, -0.05) is 63.4 Å². The van der Waals surface area contributed by atoms with Crippen LogP contribution in [0.1, 0.15) is 22.8 Å². The van der Waals surface area contributed by atoms with Crippen LogP contribution in [0.4, 0.5) is 0 Å². The molecule has 29 heavy (non-hydrogen) atoms.